The molecule has 6 nitrogen and oxygen atoms in total. The van der Waals surface area contributed by atoms with E-state index in [1.54, 1.807) is 4.90 Å². The van der Waals surface area contributed by atoms with Gasteiger partial charge in [0.05, 0.1) is 13.2 Å². The summed E-state index contributed by atoms with van der Waals surface area (Å²) in [6, 6.07) is 7.85. The van der Waals surface area contributed by atoms with Crippen molar-refractivity contribution in [3.63, 3.8) is 0 Å². The van der Waals surface area contributed by atoms with Gasteiger partial charge < -0.3 is 19.7 Å². The molecular formula is C17H22N2O4. The molecule has 1 spiro atoms. The van der Waals surface area contributed by atoms with Gasteiger partial charge in [-0.15, -0.1) is 0 Å². The quantitative estimate of drug-likeness (QED) is 0.825. The maximum Gasteiger partial charge on any atom is 0.311 e. The number of piperidine rings is 1. The summed E-state index contributed by atoms with van der Waals surface area (Å²) in [5.41, 5.74) is 2.11. The zero-order valence-electron chi connectivity index (χ0n) is 13.3. The monoisotopic (exact) mass is 318 g/mol. The van der Waals surface area contributed by atoms with Gasteiger partial charge in [-0.3, -0.25) is 9.59 Å². The third-order valence-electron chi connectivity index (χ3n) is 4.36. The average Bonchev–Trinajstić information content (AvgIpc) is 3.01. The van der Waals surface area contributed by atoms with Crippen LogP contribution < -0.4 is 5.32 Å². The van der Waals surface area contributed by atoms with Gasteiger partial charge >= 0.3 is 11.8 Å². The van der Waals surface area contributed by atoms with Gasteiger partial charge in [-0.2, -0.15) is 0 Å². The molecule has 6 heteroatoms. The minimum Gasteiger partial charge on any atom is -0.347 e. The van der Waals surface area contributed by atoms with E-state index >= 15 is 0 Å². The fourth-order valence-electron chi connectivity index (χ4n) is 3.06. The molecular weight excluding hydrogens is 296 g/mol. The normalized spacial score (nSPS) is 19.8. The van der Waals surface area contributed by atoms with E-state index in [1.165, 1.54) is 0 Å². The summed E-state index contributed by atoms with van der Waals surface area (Å²) in [5.74, 6) is -1.57. The van der Waals surface area contributed by atoms with E-state index in [4.69, 9.17) is 9.47 Å². The Balaban J connectivity index is 1.49. The Labute approximate surface area is 135 Å². The van der Waals surface area contributed by atoms with E-state index in [0.717, 1.165) is 11.1 Å². The molecule has 3 rings (SSSR count). The van der Waals surface area contributed by atoms with Crippen molar-refractivity contribution in [2.75, 3.05) is 26.3 Å². The van der Waals surface area contributed by atoms with Crippen LogP contribution in [0.1, 0.15) is 24.0 Å². The number of benzene rings is 1. The maximum absolute atomic E-state index is 12.2. The molecule has 2 saturated heterocycles. The predicted molar refractivity (Wildman–Crippen MR) is 83.5 cm³/mol. The van der Waals surface area contributed by atoms with Crippen LogP contribution in [0.2, 0.25) is 0 Å². The molecule has 2 aliphatic rings. The largest absolute Gasteiger partial charge is 0.347 e. The van der Waals surface area contributed by atoms with E-state index in [0.29, 0.717) is 45.7 Å². The van der Waals surface area contributed by atoms with Gasteiger partial charge in [-0.05, 0) is 12.5 Å². The van der Waals surface area contributed by atoms with E-state index in [9.17, 15) is 9.59 Å². The Morgan fingerprint density at radius 2 is 1.91 bits per heavy atom. The first-order valence-corrected chi connectivity index (χ1v) is 7.99. The number of aryl methyl sites for hydroxylation is 1. The number of nitrogens with zero attached hydrogens (tertiary/aromatic N) is 1. The smallest absolute Gasteiger partial charge is 0.311 e. The van der Waals surface area contributed by atoms with Crippen LogP contribution >= 0.6 is 0 Å². The van der Waals surface area contributed by atoms with Crippen LogP contribution in [0.5, 0.6) is 0 Å². The SMILES string of the molecule is Cc1cccc(CNC(=O)C(=O)N2CCC3(CC2)OCCO3)c1. The first-order chi connectivity index (χ1) is 11.1. The zero-order valence-corrected chi connectivity index (χ0v) is 13.3. The van der Waals surface area contributed by atoms with Gasteiger partial charge in [0, 0.05) is 32.5 Å². The molecule has 2 amide bonds. The lowest BCUT2D eigenvalue weighted by Crippen LogP contribution is -2.51. The van der Waals surface area contributed by atoms with Gasteiger partial charge in [0.1, 0.15) is 0 Å². The molecule has 23 heavy (non-hydrogen) atoms. The first kappa shape index (κ1) is 16.0. The standard InChI is InChI=1S/C17H22N2O4/c1-13-3-2-4-14(11-13)12-18-15(20)16(21)19-7-5-17(6-8-19)22-9-10-23-17/h2-4,11H,5-10,12H2,1H3,(H,18,20). The van der Waals surface area contributed by atoms with Crippen LogP contribution in [0.4, 0.5) is 0 Å². The number of rotatable bonds is 2. The predicted octanol–water partition coefficient (Wildman–Crippen LogP) is 0.977. The Morgan fingerprint density at radius 3 is 2.57 bits per heavy atom. The lowest BCUT2D eigenvalue weighted by Gasteiger charge is -2.37. The molecule has 1 N–H and O–H groups in total. The van der Waals surface area contributed by atoms with Gasteiger partial charge in [0.25, 0.3) is 0 Å². The number of hydrogen-bond acceptors (Lipinski definition) is 4. The molecule has 0 saturated carbocycles. The number of amides is 2. The minimum absolute atomic E-state index is 0.357. The average molecular weight is 318 g/mol. The Morgan fingerprint density at radius 1 is 1.22 bits per heavy atom. The molecule has 0 aromatic heterocycles. The molecule has 0 bridgehead atoms. The van der Waals surface area contributed by atoms with Gasteiger partial charge in [-0.1, -0.05) is 29.8 Å². The fourth-order valence-corrected chi connectivity index (χ4v) is 3.06. The highest BCUT2D eigenvalue weighted by molar-refractivity contribution is 6.34. The van der Waals surface area contributed by atoms with Crippen molar-refractivity contribution in [2.24, 2.45) is 0 Å². The van der Waals surface area contributed by atoms with E-state index in [2.05, 4.69) is 5.32 Å². The van der Waals surface area contributed by atoms with Crippen LogP contribution in [0, 0.1) is 6.92 Å². The minimum atomic E-state index is -0.560. The number of nitrogens with one attached hydrogen (secondary N) is 1. The van der Waals surface area contributed by atoms with Crippen molar-refractivity contribution >= 4 is 11.8 Å². The number of ether oxygens (including phenoxy) is 2. The molecule has 2 fully saturated rings. The number of likely N-dealkylation sites (tertiary alicyclic amines) is 1. The first-order valence-electron chi connectivity index (χ1n) is 7.99. The molecule has 0 radical (unpaired) electrons. The highest BCUT2D eigenvalue weighted by Crippen LogP contribution is 2.31. The van der Waals surface area contributed by atoms with Crippen molar-refractivity contribution in [3.05, 3.63) is 35.4 Å². The van der Waals surface area contributed by atoms with E-state index in [-0.39, 0.29) is 0 Å². The zero-order chi connectivity index (χ0) is 16.3. The van der Waals surface area contributed by atoms with Crippen LogP contribution in [0.3, 0.4) is 0 Å². The highest BCUT2D eigenvalue weighted by Gasteiger charge is 2.41. The Hall–Kier alpha value is -1.92. The van der Waals surface area contributed by atoms with Crippen molar-refractivity contribution in [3.8, 4) is 0 Å². The van der Waals surface area contributed by atoms with Crippen molar-refractivity contribution in [1.29, 1.82) is 0 Å². The summed E-state index contributed by atoms with van der Waals surface area (Å²) >= 11 is 0. The van der Waals surface area contributed by atoms with Gasteiger partial charge in [-0.25, -0.2) is 0 Å². The lowest BCUT2D eigenvalue weighted by molar-refractivity contribution is -0.188. The molecule has 0 atom stereocenters. The molecule has 2 heterocycles. The van der Waals surface area contributed by atoms with Crippen LogP contribution in [-0.2, 0) is 25.6 Å². The highest BCUT2D eigenvalue weighted by atomic mass is 16.7. The maximum atomic E-state index is 12.2. The number of carbonyl (C=O) groups excluding carboxylic acids is 2. The van der Waals surface area contributed by atoms with Gasteiger partial charge in [0.2, 0.25) is 0 Å². The van der Waals surface area contributed by atoms with Crippen LogP contribution in [0.15, 0.2) is 24.3 Å². The number of carbonyl (C=O) groups is 2. The van der Waals surface area contributed by atoms with Crippen molar-refractivity contribution in [1.82, 2.24) is 10.2 Å². The Bertz CT molecular complexity index is 586. The van der Waals surface area contributed by atoms with Crippen molar-refractivity contribution in [2.45, 2.75) is 32.1 Å². The Kier molecular flexibility index (Phi) is 4.63. The van der Waals surface area contributed by atoms with Crippen molar-refractivity contribution < 1.29 is 19.1 Å². The fraction of sp³-hybridized carbons (Fsp3) is 0.529. The molecule has 0 unspecified atom stereocenters. The molecule has 2 aliphatic heterocycles. The summed E-state index contributed by atoms with van der Waals surface area (Å²) < 4.78 is 11.3. The second kappa shape index (κ2) is 6.68. The lowest BCUT2D eigenvalue weighted by atomic mass is 10.0. The van der Waals surface area contributed by atoms with E-state index < -0.39 is 17.6 Å². The third kappa shape index (κ3) is 3.71. The molecule has 0 aliphatic carbocycles. The third-order valence-corrected chi connectivity index (χ3v) is 4.36. The summed E-state index contributed by atoms with van der Waals surface area (Å²) in [4.78, 5) is 25.8. The summed E-state index contributed by atoms with van der Waals surface area (Å²) in [5, 5.41) is 2.69. The second-order valence-electron chi connectivity index (χ2n) is 6.07. The van der Waals surface area contributed by atoms with Gasteiger partial charge in [0.15, 0.2) is 5.79 Å². The number of hydrogen-bond donors (Lipinski definition) is 1. The van der Waals surface area contributed by atoms with E-state index in [1.807, 2.05) is 31.2 Å². The molecule has 1 aromatic carbocycles. The van der Waals surface area contributed by atoms with Crippen LogP contribution in [-0.4, -0.2) is 48.8 Å². The summed E-state index contributed by atoms with van der Waals surface area (Å²) in [6.45, 7) is 4.52. The summed E-state index contributed by atoms with van der Waals surface area (Å²) in [7, 11) is 0. The second-order valence-corrected chi connectivity index (χ2v) is 6.07. The summed E-state index contributed by atoms with van der Waals surface area (Å²) in [6.07, 6.45) is 1.23. The molecule has 1 aromatic rings. The molecule has 124 valence electrons. The van der Waals surface area contributed by atoms with Crippen LogP contribution in [0.25, 0.3) is 0 Å². The topological polar surface area (TPSA) is 67.9 Å².